The normalized spacial score (nSPS) is 22.9. The first-order valence-corrected chi connectivity index (χ1v) is 7.16. The number of rotatable bonds is 3. The molecular formula is C11H16N2O2S. The van der Waals surface area contributed by atoms with Gasteiger partial charge in [0.05, 0.1) is 11.5 Å². The molecule has 88 valence electrons. The summed E-state index contributed by atoms with van der Waals surface area (Å²) in [7, 11) is -0.949. The second-order valence-electron chi connectivity index (χ2n) is 4.08. The van der Waals surface area contributed by atoms with Gasteiger partial charge in [0.15, 0.2) is 9.84 Å². The number of benzene rings is 1. The van der Waals surface area contributed by atoms with Crippen molar-refractivity contribution in [1.82, 2.24) is 0 Å². The van der Waals surface area contributed by atoms with Crippen LogP contribution in [0.3, 0.4) is 0 Å². The van der Waals surface area contributed by atoms with Crippen LogP contribution in [0.5, 0.6) is 0 Å². The van der Waals surface area contributed by atoms with Gasteiger partial charge in [0.2, 0.25) is 0 Å². The summed E-state index contributed by atoms with van der Waals surface area (Å²) < 4.78 is 22.6. The quantitative estimate of drug-likeness (QED) is 0.837. The zero-order valence-corrected chi connectivity index (χ0v) is 10.0. The first kappa shape index (κ1) is 11.3. The minimum atomic E-state index is -2.81. The molecule has 16 heavy (non-hydrogen) atoms. The molecule has 1 unspecified atom stereocenters. The van der Waals surface area contributed by atoms with Crippen LogP contribution in [0.15, 0.2) is 24.3 Å². The van der Waals surface area contributed by atoms with Crippen molar-refractivity contribution in [3.8, 4) is 0 Å². The summed E-state index contributed by atoms with van der Waals surface area (Å²) in [5.41, 5.74) is 1.99. The molecule has 2 N–H and O–H groups in total. The Morgan fingerprint density at radius 1 is 1.31 bits per heavy atom. The van der Waals surface area contributed by atoms with Crippen molar-refractivity contribution in [3.63, 3.8) is 0 Å². The van der Waals surface area contributed by atoms with Crippen LogP contribution in [0.4, 0.5) is 11.4 Å². The Balaban J connectivity index is 2.04. The molecule has 1 aliphatic heterocycles. The van der Waals surface area contributed by atoms with E-state index < -0.39 is 9.84 Å². The van der Waals surface area contributed by atoms with Gasteiger partial charge in [0, 0.05) is 24.5 Å². The lowest BCUT2D eigenvalue weighted by Crippen LogP contribution is -2.20. The van der Waals surface area contributed by atoms with E-state index in [1.165, 1.54) is 0 Å². The number of hydrogen-bond donors (Lipinski definition) is 2. The first-order chi connectivity index (χ1) is 7.59. The van der Waals surface area contributed by atoms with E-state index in [1.54, 1.807) is 0 Å². The molecule has 2 rings (SSSR count). The fourth-order valence-corrected chi connectivity index (χ4v) is 3.58. The highest BCUT2D eigenvalue weighted by atomic mass is 32.2. The Bertz CT molecular complexity index is 471. The molecule has 1 fully saturated rings. The molecule has 0 radical (unpaired) electrons. The molecule has 1 heterocycles. The van der Waals surface area contributed by atoms with Crippen molar-refractivity contribution in [1.29, 1.82) is 0 Å². The molecule has 4 nitrogen and oxygen atoms in total. The fraction of sp³-hybridized carbons (Fsp3) is 0.455. The minimum absolute atomic E-state index is 0.0529. The van der Waals surface area contributed by atoms with E-state index in [2.05, 4.69) is 10.6 Å². The Morgan fingerprint density at radius 2 is 2.06 bits per heavy atom. The Morgan fingerprint density at radius 3 is 2.69 bits per heavy atom. The molecule has 0 amide bonds. The molecule has 0 spiro atoms. The maximum Gasteiger partial charge on any atom is 0.152 e. The summed E-state index contributed by atoms with van der Waals surface area (Å²) in [4.78, 5) is 0. The zero-order valence-electron chi connectivity index (χ0n) is 9.23. The van der Waals surface area contributed by atoms with Gasteiger partial charge in [-0.25, -0.2) is 8.42 Å². The zero-order chi connectivity index (χ0) is 11.6. The van der Waals surface area contributed by atoms with Gasteiger partial charge in [-0.15, -0.1) is 0 Å². The minimum Gasteiger partial charge on any atom is -0.388 e. The van der Waals surface area contributed by atoms with Crippen molar-refractivity contribution in [3.05, 3.63) is 24.3 Å². The average Bonchev–Trinajstić information content (AvgIpc) is 2.58. The van der Waals surface area contributed by atoms with Crippen LogP contribution >= 0.6 is 0 Å². The monoisotopic (exact) mass is 240 g/mol. The lowest BCUT2D eigenvalue weighted by Gasteiger charge is -2.13. The maximum atomic E-state index is 11.3. The second-order valence-corrected chi connectivity index (χ2v) is 6.30. The van der Waals surface area contributed by atoms with E-state index >= 15 is 0 Å². The van der Waals surface area contributed by atoms with E-state index in [1.807, 2.05) is 31.3 Å². The van der Waals surface area contributed by atoms with E-state index in [-0.39, 0.29) is 11.8 Å². The Hall–Kier alpha value is -1.23. The van der Waals surface area contributed by atoms with Gasteiger partial charge in [0.25, 0.3) is 0 Å². The van der Waals surface area contributed by atoms with Crippen molar-refractivity contribution in [2.75, 3.05) is 29.2 Å². The summed E-state index contributed by atoms with van der Waals surface area (Å²) in [6, 6.07) is 7.89. The molecule has 5 heteroatoms. The van der Waals surface area contributed by atoms with Crippen molar-refractivity contribution in [2.45, 2.75) is 12.5 Å². The third-order valence-electron chi connectivity index (χ3n) is 2.75. The Kier molecular flexibility index (Phi) is 3.05. The lowest BCUT2D eigenvalue weighted by molar-refractivity contribution is 0.602. The van der Waals surface area contributed by atoms with Gasteiger partial charge >= 0.3 is 0 Å². The molecule has 1 saturated heterocycles. The highest BCUT2D eigenvalue weighted by Gasteiger charge is 2.27. The van der Waals surface area contributed by atoms with Crippen LogP contribution in [0.2, 0.25) is 0 Å². The van der Waals surface area contributed by atoms with E-state index in [0.717, 1.165) is 11.4 Å². The summed E-state index contributed by atoms with van der Waals surface area (Å²) in [6.07, 6.45) is 0.701. The number of nitrogens with one attached hydrogen (secondary N) is 2. The SMILES string of the molecule is CNc1cccc(NC2CCS(=O)(=O)C2)c1. The average molecular weight is 240 g/mol. The summed E-state index contributed by atoms with van der Waals surface area (Å²) in [6.45, 7) is 0. The van der Waals surface area contributed by atoms with E-state index in [0.29, 0.717) is 12.2 Å². The van der Waals surface area contributed by atoms with Gasteiger partial charge in [-0.05, 0) is 24.6 Å². The smallest absolute Gasteiger partial charge is 0.152 e. The van der Waals surface area contributed by atoms with E-state index in [4.69, 9.17) is 0 Å². The van der Waals surface area contributed by atoms with Gasteiger partial charge in [-0.1, -0.05) is 6.07 Å². The number of sulfone groups is 1. The largest absolute Gasteiger partial charge is 0.388 e. The van der Waals surface area contributed by atoms with E-state index in [9.17, 15) is 8.42 Å². The van der Waals surface area contributed by atoms with Crippen molar-refractivity contribution >= 4 is 21.2 Å². The van der Waals surface area contributed by atoms with Gasteiger partial charge in [0.1, 0.15) is 0 Å². The van der Waals surface area contributed by atoms with Crippen LogP contribution in [-0.4, -0.2) is 33.0 Å². The topological polar surface area (TPSA) is 58.2 Å². The number of anilines is 2. The van der Waals surface area contributed by atoms with Crippen LogP contribution in [-0.2, 0) is 9.84 Å². The third-order valence-corrected chi connectivity index (χ3v) is 4.52. The maximum absolute atomic E-state index is 11.3. The highest BCUT2D eigenvalue weighted by Crippen LogP contribution is 2.19. The molecule has 1 aromatic carbocycles. The van der Waals surface area contributed by atoms with Gasteiger partial charge in [-0.2, -0.15) is 0 Å². The molecule has 0 saturated carbocycles. The molecule has 0 bridgehead atoms. The summed E-state index contributed by atoms with van der Waals surface area (Å²) in [5, 5.41) is 6.30. The second kappa shape index (κ2) is 4.33. The van der Waals surface area contributed by atoms with Crippen LogP contribution < -0.4 is 10.6 Å². The third kappa shape index (κ3) is 2.66. The predicted molar refractivity (Wildman–Crippen MR) is 66.7 cm³/mol. The van der Waals surface area contributed by atoms with Crippen molar-refractivity contribution in [2.24, 2.45) is 0 Å². The molecule has 1 aromatic rings. The number of hydrogen-bond acceptors (Lipinski definition) is 4. The lowest BCUT2D eigenvalue weighted by atomic mass is 10.2. The predicted octanol–water partition coefficient (Wildman–Crippen LogP) is 1.33. The molecule has 1 atom stereocenters. The molecule has 0 aliphatic carbocycles. The van der Waals surface area contributed by atoms with Crippen LogP contribution in [0, 0.1) is 0 Å². The van der Waals surface area contributed by atoms with Crippen LogP contribution in [0.25, 0.3) is 0 Å². The summed E-state index contributed by atoms with van der Waals surface area (Å²) in [5.74, 6) is 0.549. The van der Waals surface area contributed by atoms with Gasteiger partial charge in [-0.3, -0.25) is 0 Å². The van der Waals surface area contributed by atoms with Crippen LogP contribution in [0.1, 0.15) is 6.42 Å². The molecule has 0 aromatic heterocycles. The standard InChI is InChI=1S/C11H16N2O2S/c1-12-9-3-2-4-10(7-9)13-11-5-6-16(14,15)8-11/h2-4,7,11-13H,5-6,8H2,1H3. The first-order valence-electron chi connectivity index (χ1n) is 5.34. The Labute approximate surface area is 96.0 Å². The molecule has 1 aliphatic rings. The van der Waals surface area contributed by atoms with Crippen molar-refractivity contribution < 1.29 is 8.42 Å². The summed E-state index contributed by atoms with van der Waals surface area (Å²) >= 11 is 0. The fourth-order valence-electron chi connectivity index (χ4n) is 1.91. The highest BCUT2D eigenvalue weighted by molar-refractivity contribution is 7.91. The molecular weight excluding hydrogens is 224 g/mol. The van der Waals surface area contributed by atoms with Gasteiger partial charge < -0.3 is 10.6 Å².